The topological polar surface area (TPSA) is 49.6 Å². The molecule has 0 atom stereocenters. The summed E-state index contributed by atoms with van der Waals surface area (Å²) in [6.07, 6.45) is -0.411. The van der Waals surface area contributed by atoms with Crippen molar-refractivity contribution >= 4 is 0 Å². The van der Waals surface area contributed by atoms with Crippen molar-refractivity contribution in [1.82, 2.24) is 9.97 Å². The molecule has 0 unspecified atom stereocenters. The molecule has 0 aromatic carbocycles. The minimum Gasteiger partial charge on any atom is -0.265 e. The molecule has 3 nitrogen and oxygen atoms in total. The average Bonchev–Trinajstić information content (AvgIpc) is 2.38. The molecule has 2 heterocycles. The number of hydrogen-bond donors (Lipinski definition) is 0. The van der Waals surface area contributed by atoms with E-state index >= 15 is 0 Å². The molecule has 90 valence electrons. The smallest absolute Gasteiger partial charge is 0.265 e. The molecule has 0 N–H and O–H groups in total. The molecule has 0 radical (unpaired) electrons. The number of hydrogen-bond acceptors (Lipinski definition) is 3. The first-order valence-corrected chi connectivity index (χ1v) is 4.90. The van der Waals surface area contributed by atoms with Crippen molar-refractivity contribution in [1.29, 1.82) is 5.26 Å². The molecule has 0 aliphatic carbocycles. The van der Waals surface area contributed by atoms with E-state index in [4.69, 9.17) is 5.26 Å². The summed E-state index contributed by atoms with van der Waals surface area (Å²) in [6, 6.07) is 5.50. The summed E-state index contributed by atoms with van der Waals surface area (Å²) < 4.78 is 38.2. The lowest BCUT2D eigenvalue weighted by Crippen LogP contribution is -2.09. The van der Waals surface area contributed by atoms with Crippen LogP contribution in [0.5, 0.6) is 0 Å². The van der Waals surface area contributed by atoms with Gasteiger partial charge in [-0.1, -0.05) is 0 Å². The van der Waals surface area contributed by atoms with Crippen LogP contribution in [-0.2, 0) is 6.18 Å². The van der Waals surface area contributed by atoms with Gasteiger partial charge < -0.3 is 0 Å². The number of rotatable bonds is 1. The number of pyridine rings is 2. The number of alkyl halides is 3. The molecule has 0 spiro atoms. The van der Waals surface area contributed by atoms with Crippen LogP contribution in [0.1, 0.15) is 11.3 Å². The van der Waals surface area contributed by atoms with Crippen LogP contribution in [0.3, 0.4) is 0 Å². The maximum atomic E-state index is 12.7. The lowest BCUT2D eigenvalue weighted by molar-refractivity contribution is -0.138. The van der Waals surface area contributed by atoms with Crippen molar-refractivity contribution < 1.29 is 13.2 Å². The molecule has 0 bridgehead atoms. The first-order chi connectivity index (χ1) is 8.52. The van der Waals surface area contributed by atoms with Gasteiger partial charge in [-0.25, -0.2) is 4.98 Å². The predicted octanol–water partition coefficient (Wildman–Crippen LogP) is 3.03. The quantitative estimate of drug-likeness (QED) is 0.780. The maximum absolute atomic E-state index is 12.7. The van der Waals surface area contributed by atoms with Crippen molar-refractivity contribution in [3.05, 3.63) is 48.0 Å². The van der Waals surface area contributed by atoms with E-state index in [-0.39, 0.29) is 0 Å². The van der Waals surface area contributed by atoms with E-state index in [0.29, 0.717) is 11.1 Å². The fourth-order valence-corrected chi connectivity index (χ4v) is 1.47. The third kappa shape index (κ3) is 2.30. The molecule has 2 aromatic rings. The lowest BCUT2D eigenvalue weighted by atomic mass is 10.1. The molecule has 0 saturated heterocycles. The van der Waals surface area contributed by atoms with Crippen LogP contribution in [0.2, 0.25) is 0 Å². The van der Waals surface area contributed by atoms with Gasteiger partial charge in [-0.15, -0.1) is 0 Å². The molecule has 2 rings (SSSR count). The highest BCUT2D eigenvalue weighted by Gasteiger charge is 2.34. The van der Waals surface area contributed by atoms with Crippen LogP contribution in [-0.4, -0.2) is 9.97 Å². The Bertz CT molecular complexity index is 600. The highest BCUT2D eigenvalue weighted by Crippen LogP contribution is 2.33. The summed E-state index contributed by atoms with van der Waals surface area (Å²) in [4.78, 5) is 7.32. The molecular weight excluding hydrogens is 243 g/mol. The highest BCUT2D eigenvalue weighted by atomic mass is 19.4. The van der Waals surface area contributed by atoms with E-state index in [1.165, 1.54) is 24.7 Å². The summed E-state index contributed by atoms with van der Waals surface area (Å²) >= 11 is 0. The first-order valence-electron chi connectivity index (χ1n) is 4.90. The zero-order valence-electron chi connectivity index (χ0n) is 8.94. The highest BCUT2D eigenvalue weighted by molar-refractivity contribution is 5.63. The number of aromatic nitrogens is 2. The molecule has 18 heavy (non-hydrogen) atoms. The van der Waals surface area contributed by atoms with E-state index in [0.717, 1.165) is 6.07 Å². The second-order valence-electron chi connectivity index (χ2n) is 3.47. The Labute approximate surface area is 101 Å². The first kappa shape index (κ1) is 12.0. The van der Waals surface area contributed by atoms with Crippen LogP contribution in [0.4, 0.5) is 13.2 Å². The normalized spacial score (nSPS) is 11.0. The van der Waals surface area contributed by atoms with Crippen molar-refractivity contribution in [2.24, 2.45) is 0 Å². The molecule has 0 aliphatic heterocycles. The molecule has 2 aromatic heterocycles. The molecule has 0 amide bonds. The summed E-state index contributed by atoms with van der Waals surface area (Å²) in [5, 5.41) is 8.62. The third-order valence-electron chi connectivity index (χ3n) is 2.31. The van der Waals surface area contributed by atoms with E-state index < -0.39 is 17.4 Å². The molecule has 0 aliphatic rings. The van der Waals surface area contributed by atoms with E-state index in [1.54, 1.807) is 12.1 Å². The summed E-state index contributed by atoms with van der Waals surface area (Å²) in [5.74, 6) is 0. The zero-order chi connectivity index (χ0) is 13.2. The summed E-state index contributed by atoms with van der Waals surface area (Å²) in [6.45, 7) is 0. The van der Waals surface area contributed by atoms with Gasteiger partial charge >= 0.3 is 6.18 Å². The van der Waals surface area contributed by atoms with Crippen LogP contribution in [0, 0.1) is 11.3 Å². The van der Waals surface area contributed by atoms with Crippen LogP contribution in [0.25, 0.3) is 11.1 Å². The SMILES string of the molecule is N#Cc1ncc(-c2ccncc2)cc1C(F)(F)F. The van der Waals surface area contributed by atoms with Gasteiger partial charge in [-0.05, 0) is 23.8 Å². The van der Waals surface area contributed by atoms with Gasteiger partial charge in [-0.2, -0.15) is 18.4 Å². The monoisotopic (exact) mass is 249 g/mol. The Hall–Kier alpha value is -2.42. The van der Waals surface area contributed by atoms with Gasteiger partial charge in [0, 0.05) is 24.2 Å². The summed E-state index contributed by atoms with van der Waals surface area (Å²) in [5.41, 5.74) is -0.796. The fraction of sp³-hybridized carbons (Fsp3) is 0.0833. The van der Waals surface area contributed by atoms with Crippen LogP contribution in [0.15, 0.2) is 36.8 Å². The second-order valence-corrected chi connectivity index (χ2v) is 3.47. The molecular formula is C12H6F3N3. The Kier molecular flexibility index (Phi) is 2.98. The number of nitrogens with zero attached hydrogens (tertiary/aromatic N) is 3. The molecule has 0 saturated carbocycles. The maximum Gasteiger partial charge on any atom is 0.419 e. The Morgan fingerprint density at radius 2 is 1.78 bits per heavy atom. The van der Waals surface area contributed by atoms with Gasteiger partial charge in [0.2, 0.25) is 0 Å². The van der Waals surface area contributed by atoms with Gasteiger partial charge in [0.25, 0.3) is 0 Å². The van der Waals surface area contributed by atoms with Crippen molar-refractivity contribution in [3.8, 4) is 17.2 Å². The number of nitriles is 1. The van der Waals surface area contributed by atoms with Crippen molar-refractivity contribution in [2.45, 2.75) is 6.18 Å². The predicted molar refractivity (Wildman–Crippen MR) is 57.2 cm³/mol. The Balaban J connectivity index is 2.58. The van der Waals surface area contributed by atoms with Crippen molar-refractivity contribution in [3.63, 3.8) is 0 Å². The Morgan fingerprint density at radius 3 is 2.33 bits per heavy atom. The lowest BCUT2D eigenvalue weighted by Gasteiger charge is -2.09. The van der Waals surface area contributed by atoms with E-state index in [2.05, 4.69) is 9.97 Å². The largest absolute Gasteiger partial charge is 0.419 e. The van der Waals surface area contributed by atoms with Gasteiger partial charge in [0.1, 0.15) is 6.07 Å². The standard InChI is InChI=1S/C12H6F3N3/c13-12(14,15)10-5-9(7-18-11(10)6-16)8-1-3-17-4-2-8/h1-5,7H. The van der Waals surface area contributed by atoms with Crippen LogP contribution < -0.4 is 0 Å². The Morgan fingerprint density at radius 1 is 1.11 bits per heavy atom. The molecule has 6 heteroatoms. The minimum absolute atomic E-state index is 0.295. The number of halogens is 3. The molecule has 0 fully saturated rings. The third-order valence-corrected chi connectivity index (χ3v) is 2.31. The fourth-order valence-electron chi connectivity index (χ4n) is 1.47. The van der Waals surface area contributed by atoms with Gasteiger partial charge in [0.05, 0.1) is 5.56 Å². The van der Waals surface area contributed by atoms with Gasteiger partial charge in [0.15, 0.2) is 5.69 Å². The average molecular weight is 249 g/mol. The van der Waals surface area contributed by atoms with E-state index in [1.807, 2.05) is 0 Å². The minimum atomic E-state index is -4.60. The summed E-state index contributed by atoms with van der Waals surface area (Å²) in [7, 11) is 0. The van der Waals surface area contributed by atoms with Crippen LogP contribution >= 0.6 is 0 Å². The second kappa shape index (κ2) is 4.45. The van der Waals surface area contributed by atoms with Gasteiger partial charge in [-0.3, -0.25) is 4.98 Å². The van der Waals surface area contributed by atoms with Crippen molar-refractivity contribution in [2.75, 3.05) is 0 Å². The zero-order valence-corrected chi connectivity index (χ0v) is 8.94. The van der Waals surface area contributed by atoms with E-state index in [9.17, 15) is 13.2 Å².